The molecule has 0 saturated carbocycles. The standard InChI is InChI=1S/C10H7F3O6S/c1-5(14)6-2-3-8(7(4-6)9(15)16)19-20(17,18)10(11,12)13/h2-4H,1H3,(H,15,16). The molecule has 1 rings (SSSR count). The van der Waals surface area contributed by atoms with Crippen LogP contribution in [0, 0.1) is 0 Å². The van der Waals surface area contributed by atoms with E-state index in [4.69, 9.17) is 5.11 Å². The molecule has 0 bridgehead atoms. The van der Waals surface area contributed by atoms with E-state index in [-0.39, 0.29) is 5.56 Å². The number of carboxylic acid groups (broad SMARTS) is 1. The lowest BCUT2D eigenvalue weighted by atomic mass is 10.1. The highest BCUT2D eigenvalue weighted by atomic mass is 32.2. The van der Waals surface area contributed by atoms with Crippen molar-refractivity contribution in [3.05, 3.63) is 29.3 Å². The Morgan fingerprint density at radius 2 is 1.80 bits per heavy atom. The number of rotatable bonds is 4. The van der Waals surface area contributed by atoms with Crippen molar-refractivity contribution < 1.29 is 40.5 Å². The summed E-state index contributed by atoms with van der Waals surface area (Å²) < 4.78 is 61.8. The van der Waals surface area contributed by atoms with Crippen LogP contribution in [0.4, 0.5) is 13.2 Å². The van der Waals surface area contributed by atoms with Crippen LogP contribution in [-0.2, 0) is 10.1 Å². The Labute approximate surface area is 110 Å². The molecule has 6 nitrogen and oxygen atoms in total. The SMILES string of the molecule is CC(=O)c1ccc(OS(=O)(=O)C(F)(F)F)c(C(=O)O)c1. The Hall–Kier alpha value is -2.10. The van der Waals surface area contributed by atoms with Gasteiger partial charge in [-0.25, -0.2) is 4.79 Å². The fraction of sp³-hybridized carbons (Fsp3) is 0.200. The molecule has 10 heteroatoms. The molecule has 0 atom stereocenters. The molecule has 0 amide bonds. The van der Waals surface area contributed by atoms with Gasteiger partial charge in [0.1, 0.15) is 5.56 Å². The predicted octanol–water partition coefficient (Wildman–Crippen LogP) is 1.82. The lowest BCUT2D eigenvalue weighted by Crippen LogP contribution is -2.28. The molecular weight excluding hydrogens is 305 g/mol. The first-order valence-electron chi connectivity index (χ1n) is 4.85. The van der Waals surface area contributed by atoms with Crippen LogP contribution in [0.2, 0.25) is 0 Å². The van der Waals surface area contributed by atoms with Gasteiger partial charge >= 0.3 is 21.6 Å². The van der Waals surface area contributed by atoms with Gasteiger partial charge in [-0.15, -0.1) is 0 Å². The van der Waals surface area contributed by atoms with E-state index in [1.807, 2.05) is 0 Å². The average molecular weight is 312 g/mol. The second-order valence-corrected chi connectivity index (χ2v) is 5.09. The fourth-order valence-corrected chi connectivity index (χ4v) is 1.63. The summed E-state index contributed by atoms with van der Waals surface area (Å²) in [6.45, 7) is 1.11. The summed E-state index contributed by atoms with van der Waals surface area (Å²) in [6, 6.07) is 2.35. The summed E-state index contributed by atoms with van der Waals surface area (Å²) in [5, 5.41) is 8.80. The molecule has 0 aliphatic carbocycles. The number of Topliss-reactive ketones (excluding diaryl/α,β-unsaturated/α-hetero) is 1. The van der Waals surface area contributed by atoms with Crippen LogP contribution in [0.25, 0.3) is 0 Å². The quantitative estimate of drug-likeness (QED) is 0.517. The third-order valence-corrected chi connectivity index (χ3v) is 3.07. The molecule has 1 aromatic rings. The molecule has 1 N–H and O–H groups in total. The summed E-state index contributed by atoms with van der Waals surface area (Å²) >= 11 is 0. The molecule has 20 heavy (non-hydrogen) atoms. The topological polar surface area (TPSA) is 97.7 Å². The monoisotopic (exact) mass is 312 g/mol. The van der Waals surface area contributed by atoms with Crippen molar-refractivity contribution in [1.29, 1.82) is 0 Å². The number of alkyl halides is 3. The van der Waals surface area contributed by atoms with Crippen LogP contribution < -0.4 is 4.18 Å². The van der Waals surface area contributed by atoms with E-state index in [0.717, 1.165) is 19.1 Å². The zero-order chi connectivity index (χ0) is 15.7. The molecule has 0 unspecified atom stereocenters. The van der Waals surface area contributed by atoms with Gasteiger partial charge in [0.2, 0.25) is 0 Å². The van der Waals surface area contributed by atoms with Crippen LogP contribution in [0.15, 0.2) is 18.2 Å². The minimum Gasteiger partial charge on any atom is -0.478 e. The van der Waals surface area contributed by atoms with Crippen LogP contribution in [-0.4, -0.2) is 30.8 Å². The molecule has 110 valence electrons. The maximum absolute atomic E-state index is 12.1. The van der Waals surface area contributed by atoms with E-state index >= 15 is 0 Å². The van der Waals surface area contributed by atoms with Crippen LogP contribution in [0.1, 0.15) is 27.6 Å². The Balaban J connectivity index is 3.34. The molecule has 0 saturated heterocycles. The minimum absolute atomic E-state index is 0.112. The van der Waals surface area contributed by atoms with Gasteiger partial charge in [-0.1, -0.05) is 0 Å². The zero-order valence-corrected chi connectivity index (χ0v) is 10.6. The molecule has 0 heterocycles. The highest BCUT2D eigenvalue weighted by Gasteiger charge is 2.49. The minimum atomic E-state index is -5.99. The van der Waals surface area contributed by atoms with Gasteiger partial charge < -0.3 is 9.29 Å². The van der Waals surface area contributed by atoms with Gasteiger partial charge in [-0.3, -0.25) is 4.79 Å². The molecule has 0 radical (unpaired) electrons. The first-order chi connectivity index (χ1) is 8.95. The molecular formula is C10H7F3O6S. The average Bonchev–Trinajstić information content (AvgIpc) is 2.26. The summed E-state index contributed by atoms with van der Waals surface area (Å²) in [5.41, 5.74) is -6.67. The normalized spacial score (nSPS) is 12.0. The van der Waals surface area contributed by atoms with E-state index in [0.29, 0.717) is 6.07 Å². The largest absolute Gasteiger partial charge is 0.534 e. The lowest BCUT2D eigenvalue weighted by molar-refractivity contribution is -0.0500. The van der Waals surface area contributed by atoms with Crippen LogP contribution in [0.5, 0.6) is 5.75 Å². The number of carbonyl (C=O) groups is 2. The highest BCUT2D eigenvalue weighted by Crippen LogP contribution is 2.29. The van der Waals surface area contributed by atoms with Crippen molar-refractivity contribution >= 4 is 21.9 Å². The highest BCUT2D eigenvalue weighted by molar-refractivity contribution is 7.88. The van der Waals surface area contributed by atoms with E-state index in [1.54, 1.807) is 0 Å². The zero-order valence-electron chi connectivity index (χ0n) is 9.76. The van der Waals surface area contributed by atoms with Crippen molar-refractivity contribution in [3.63, 3.8) is 0 Å². The number of carboxylic acids is 1. The molecule has 0 fully saturated rings. The smallest absolute Gasteiger partial charge is 0.478 e. The number of hydrogen-bond acceptors (Lipinski definition) is 5. The third kappa shape index (κ3) is 3.26. The summed E-state index contributed by atoms with van der Waals surface area (Å²) in [7, 11) is -5.99. The third-order valence-electron chi connectivity index (χ3n) is 2.10. The second-order valence-electron chi connectivity index (χ2n) is 3.56. The van der Waals surface area contributed by atoms with Crippen molar-refractivity contribution in [2.24, 2.45) is 0 Å². The van der Waals surface area contributed by atoms with E-state index < -0.39 is 38.7 Å². The number of carbonyl (C=O) groups excluding carboxylic acids is 1. The maximum atomic E-state index is 12.1. The van der Waals surface area contributed by atoms with E-state index in [2.05, 4.69) is 4.18 Å². The Kier molecular flexibility index (Phi) is 4.08. The Bertz CT molecular complexity index is 662. The summed E-state index contributed by atoms with van der Waals surface area (Å²) in [5.74, 6) is -3.31. The maximum Gasteiger partial charge on any atom is 0.534 e. The van der Waals surface area contributed by atoms with Gasteiger partial charge in [0, 0.05) is 5.56 Å². The second kappa shape index (κ2) is 5.12. The first-order valence-corrected chi connectivity index (χ1v) is 6.25. The van der Waals surface area contributed by atoms with Gasteiger partial charge in [-0.05, 0) is 25.1 Å². The number of halogens is 3. The van der Waals surface area contributed by atoms with Gasteiger partial charge in [-0.2, -0.15) is 21.6 Å². The summed E-state index contributed by atoms with van der Waals surface area (Å²) in [4.78, 5) is 21.9. The number of aromatic carboxylic acids is 1. The van der Waals surface area contributed by atoms with Crippen molar-refractivity contribution in [3.8, 4) is 5.75 Å². The van der Waals surface area contributed by atoms with Gasteiger partial charge in [0.15, 0.2) is 11.5 Å². The van der Waals surface area contributed by atoms with Crippen LogP contribution >= 0.6 is 0 Å². The number of ketones is 1. The number of benzene rings is 1. The Morgan fingerprint density at radius 3 is 2.20 bits per heavy atom. The first kappa shape index (κ1) is 16.0. The Morgan fingerprint density at radius 1 is 1.25 bits per heavy atom. The molecule has 0 aliphatic rings. The molecule has 0 aromatic heterocycles. The molecule has 1 aromatic carbocycles. The van der Waals surface area contributed by atoms with Crippen molar-refractivity contribution in [1.82, 2.24) is 0 Å². The van der Waals surface area contributed by atoms with E-state index in [1.165, 1.54) is 0 Å². The van der Waals surface area contributed by atoms with Gasteiger partial charge in [0.25, 0.3) is 0 Å². The van der Waals surface area contributed by atoms with Crippen LogP contribution in [0.3, 0.4) is 0 Å². The predicted molar refractivity (Wildman–Crippen MR) is 59.0 cm³/mol. The van der Waals surface area contributed by atoms with Crippen molar-refractivity contribution in [2.75, 3.05) is 0 Å². The summed E-state index contributed by atoms with van der Waals surface area (Å²) in [6.07, 6.45) is 0. The van der Waals surface area contributed by atoms with Gasteiger partial charge in [0.05, 0.1) is 0 Å². The molecule has 0 aliphatic heterocycles. The van der Waals surface area contributed by atoms with E-state index in [9.17, 15) is 31.2 Å². The van der Waals surface area contributed by atoms with Crippen molar-refractivity contribution in [2.45, 2.75) is 12.4 Å². The number of hydrogen-bond donors (Lipinski definition) is 1. The fourth-order valence-electron chi connectivity index (χ4n) is 1.15. The lowest BCUT2D eigenvalue weighted by Gasteiger charge is -2.11. The molecule has 0 spiro atoms.